The van der Waals surface area contributed by atoms with E-state index in [4.69, 9.17) is 0 Å². The molecule has 0 saturated carbocycles. The normalized spacial score (nSPS) is 22.1. The highest BCUT2D eigenvalue weighted by Gasteiger charge is 2.37. The zero-order valence-electron chi connectivity index (χ0n) is 12.5. The lowest BCUT2D eigenvalue weighted by Gasteiger charge is -2.17. The van der Waals surface area contributed by atoms with E-state index in [2.05, 4.69) is 5.09 Å². The number of hydrogen-bond donors (Lipinski definition) is 2. The van der Waals surface area contributed by atoms with Crippen LogP contribution < -0.4 is 5.09 Å². The fourth-order valence-corrected chi connectivity index (χ4v) is 5.53. The third-order valence-corrected chi connectivity index (χ3v) is 7.82. The second kappa shape index (κ2) is 7.92. The molecule has 0 aromatic heterocycles. The fraction of sp³-hybridized carbons (Fsp3) is 0.818. The minimum atomic E-state index is -3.80. The number of carbonyl (C=O) groups excluding carboxylic acids is 2. The molecule has 2 amide bonds. The molecule has 2 unspecified atom stereocenters. The number of likely N-dealkylation sites (tertiary alicyclic amines) is 1. The molecule has 8 nitrogen and oxygen atoms in total. The van der Waals surface area contributed by atoms with Crippen LogP contribution in [-0.2, 0) is 24.0 Å². The molecule has 0 aromatic carbocycles. The zero-order valence-corrected chi connectivity index (χ0v) is 15.0. The summed E-state index contributed by atoms with van der Waals surface area (Å²) in [6, 6.07) is 0. The molecule has 128 valence electrons. The first kappa shape index (κ1) is 19.6. The second-order valence-corrected chi connectivity index (χ2v) is 10.6. The van der Waals surface area contributed by atoms with E-state index in [1.165, 1.54) is 18.7 Å². The summed E-state index contributed by atoms with van der Waals surface area (Å²) in [5, 5.41) is 1.96. The summed E-state index contributed by atoms with van der Waals surface area (Å²) in [6.07, 6.45) is 1.50. The van der Waals surface area contributed by atoms with Crippen molar-refractivity contribution in [3.05, 3.63) is 0 Å². The maximum absolute atomic E-state index is 11.8. The van der Waals surface area contributed by atoms with E-state index in [-0.39, 0.29) is 48.1 Å². The topological polar surface area (TPSA) is 121 Å². The number of nitrogens with zero attached hydrogens (tertiary/aromatic N) is 1. The molecule has 2 N–H and O–H groups in total. The molecule has 0 radical (unpaired) electrons. The highest BCUT2D eigenvalue weighted by atomic mass is 32.2. The van der Waals surface area contributed by atoms with Gasteiger partial charge in [0.2, 0.25) is 11.8 Å². The van der Waals surface area contributed by atoms with Gasteiger partial charge in [-0.25, -0.2) is 13.5 Å². The van der Waals surface area contributed by atoms with Gasteiger partial charge in [0.1, 0.15) is 0 Å². The molecule has 2 atom stereocenters. The SMILES string of the molecule is CCS(=O)(=O)CCP(=O)(O)NCCN1C(=O)CC(SC)C1=O. The summed E-state index contributed by atoms with van der Waals surface area (Å²) in [7, 11) is -7.12. The van der Waals surface area contributed by atoms with E-state index >= 15 is 0 Å². The Labute approximate surface area is 134 Å². The van der Waals surface area contributed by atoms with E-state index in [1.807, 2.05) is 0 Å². The molecule has 1 fully saturated rings. The quantitative estimate of drug-likeness (QED) is 0.417. The largest absolute Gasteiger partial charge is 0.333 e. The van der Waals surface area contributed by atoms with Crippen molar-refractivity contribution in [2.45, 2.75) is 18.6 Å². The Morgan fingerprint density at radius 3 is 2.59 bits per heavy atom. The van der Waals surface area contributed by atoms with Crippen LogP contribution in [0.4, 0.5) is 0 Å². The summed E-state index contributed by atoms with van der Waals surface area (Å²) >= 11 is 1.30. The summed E-state index contributed by atoms with van der Waals surface area (Å²) < 4.78 is 34.5. The molecule has 1 aliphatic rings. The first-order valence-corrected chi connectivity index (χ1v) is 11.7. The van der Waals surface area contributed by atoms with Gasteiger partial charge in [-0.2, -0.15) is 11.8 Å². The number of thioether (sulfide) groups is 1. The van der Waals surface area contributed by atoms with Crippen molar-refractivity contribution < 1.29 is 27.5 Å². The number of nitrogens with one attached hydrogen (secondary N) is 1. The molecule has 11 heteroatoms. The van der Waals surface area contributed by atoms with Crippen molar-refractivity contribution in [3.63, 3.8) is 0 Å². The predicted molar refractivity (Wildman–Crippen MR) is 85.7 cm³/mol. The molecular weight excluding hydrogens is 351 g/mol. The first-order valence-electron chi connectivity index (χ1n) is 6.76. The lowest BCUT2D eigenvalue weighted by molar-refractivity contribution is -0.138. The van der Waals surface area contributed by atoms with Gasteiger partial charge in [-0.05, 0) is 6.26 Å². The molecule has 0 bridgehead atoms. The third kappa shape index (κ3) is 5.66. The molecule has 0 aromatic rings. The Balaban J connectivity index is 2.45. The van der Waals surface area contributed by atoms with E-state index < -0.39 is 23.5 Å². The minimum Gasteiger partial charge on any atom is -0.333 e. The Morgan fingerprint density at radius 2 is 2.09 bits per heavy atom. The zero-order chi connectivity index (χ0) is 17.0. The van der Waals surface area contributed by atoms with Crippen molar-refractivity contribution in [2.75, 3.05) is 37.0 Å². The van der Waals surface area contributed by atoms with Crippen LogP contribution in [0.5, 0.6) is 0 Å². The number of sulfone groups is 1. The Kier molecular flexibility index (Phi) is 7.07. The molecule has 1 saturated heterocycles. The third-order valence-electron chi connectivity index (χ3n) is 3.33. The van der Waals surface area contributed by atoms with E-state index in [1.54, 1.807) is 6.26 Å². The van der Waals surface area contributed by atoms with Crippen molar-refractivity contribution in [3.8, 4) is 0 Å². The molecule has 22 heavy (non-hydrogen) atoms. The van der Waals surface area contributed by atoms with Gasteiger partial charge in [-0.1, -0.05) is 6.92 Å². The molecule has 0 aliphatic carbocycles. The Hall–Kier alpha value is -0.410. The molecule has 1 aliphatic heterocycles. The average molecular weight is 372 g/mol. The summed E-state index contributed by atoms with van der Waals surface area (Å²) in [5.41, 5.74) is 0. The van der Waals surface area contributed by atoms with E-state index in [0.717, 1.165) is 4.90 Å². The lowest BCUT2D eigenvalue weighted by atomic mass is 10.4. The van der Waals surface area contributed by atoms with Crippen LogP contribution >= 0.6 is 19.3 Å². The van der Waals surface area contributed by atoms with Gasteiger partial charge in [0.15, 0.2) is 9.84 Å². The van der Waals surface area contributed by atoms with Gasteiger partial charge in [0.25, 0.3) is 7.52 Å². The summed E-state index contributed by atoms with van der Waals surface area (Å²) in [4.78, 5) is 34.2. The molecule has 1 heterocycles. The van der Waals surface area contributed by atoms with Gasteiger partial charge in [-0.3, -0.25) is 19.1 Å². The number of hydrogen-bond acceptors (Lipinski definition) is 6. The van der Waals surface area contributed by atoms with Crippen molar-refractivity contribution in [1.82, 2.24) is 9.99 Å². The summed E-state index contributed by atoms with van der Waals surface area (Å²) in [6.45, 7) is 1.43. The van der Waals surface area contributed by atoms with Gasteiger partial charge in [0.05, 0.1) is 17.2 Å². The maximum Gasteiger partial charge on any atom is 0.268 e. The number of rotatable bonds is 9. The van der Waals surface area contributed by atoms with Crippen LogP contribution in [-0.4, -0.2) is 72.3 Å². The van der Waals surface area contributed by atoms with E-state index in [9.17, 15) is 27.5 Å². The predicted octanol–water partition coefficient (Wildman–Crippen LogP) is -0.313. The highest BCUT2D eigenvalue weighted by Crippen LogP contribution is 2.34. The van der Waals surface area contributed by atoms with Crippen molar-refractivity contribution >= 4 is 40.9 Å². The average Bonchev–Trinajstić information content (AvgIpc) is 2.72. The lowest BCUT2D eigenvalue weighted by Crippen LogP contribution is -2.36. The van der Waals surface area contributed by atoms with Gasteiger partial charge >= 0.3 is 0 Å². The summed E-state index contributed by atoms with van der Waals surface area (Å²) in [5.74, 6) is -1.05. The molecule has 0 spiro atoms. The van der Waals surface area contributed by atoms with E-state index in [0.29, 0.717) is 0 Å². The van der Waals surface area contributed by atoms with Gasteiger partial charge < -0.3 is 4.89 Å². The highest BCUT2D eigenvalue weighted by molar-refractivity contribution is 8.00. The Morgan fingerprint density at radius 1 is 1.45 bits per heavy atom. The Bertz CT molecular complexity index is 579. The minimum absolute atomic E-state index is 0.000194. The van der Waals surface area contributed by atoms with Crippen LogP contribution in [0.1, 0.15) is 13.3 Å². The van der Waals surface area contributed by atoms with Gasteiger partial charge in [-0.15, -0.1) is 0 Å². The van der Waals surface area contributed by atoms with Crippen LogP contribution in [0.3, 0.4) is 0 Å². The smallest absolute Gasteiger partial charge is 0.268 e. The van der Waals surface area contributed by atoms with Crippen molar-refractivity contribution in [1.29, 1.82) is 0 Å². The van der Waals surface area contributed by atoms with Crippen LogP contribution in [0.15, 0.2) is 0 Å². The number of carbonyl (C=O) groups is 2. The van der Waals surface area contributed by atoms with Crippen molar-refractivity contribution in [2.24, 2.45) is 0 Å². The standard InChI is InChI=1S/C11H21N2O6PS2/c1-3-22(18,19)7-6-20(16,17)12-4-5-13-10(14)8-9(21-2)11(13)15/h9H,3-8H2,1-2H3,(H2,12,16,17). The first-order chi connectivity index (χ1) is 10.1. The van der Waals surface area contributed by atoms with Crippen LogP contribution in [0.2, 0.25) is 0 Å². The second-order valence-electron chi connectivity index (χ2n) is 4.88. The monoisotopic (exact) mass is 372 g/mol. The molecular formula is C11H21N2O6PS2. The van der Waals surface area contributed by atoms with Gasteiger partial charge in [0, 0.05) is 25.3 Å². The fourth-order valence-electron chi connectivity index (χ4n) is 1.89. The maximum atomic E-state index is 11.8. The van der Waals surface area contributed by atoms with Crippen LogP contribution in [0, 0.1) is 0 Å². The van der Waals surface area contributed by atoms with Crippen LogP contribution in [0.25, 0.3) is 0 Å². The molecule has 1 rings (SSSR count). The number of imide groups is 1. The number of amides is 2.